The molecule has 1 saturated heterocycles. The van der Waals surface area contributed by atoms with Crippen LogP contribution in [0.15, 0.2) is 53.3 Å². The van der Waals surface area contributed by atoms with Gasteiger partial charge in [-0.3, -0.25) is 9.59 Å². The van der Waals surface area contributed by atoms with Crippen molar-refractivity contribution in [1.82, 2.24) is 19.9 Å². The Morgan fingerprint density at radius 2 is 1.70 bits per heavy atom. The molecule has 138 valence electrons. The average molecular weight is 384 g/mol. The van der Waals surface area contributed by atoms with Gasteiger partial charge in [-0.2, -0.15) is 0 Å². The Kier molecular flexibility index (Phi) is 4.77. The minimum absolute atomic E-state index is 0.0996. The van der Waals surface area contributed by atoms with Crippen molar-refractivity contribution in [3.63, 3.8) is 0 Å². The molecular weight excluding hydrogens is 366 g/mol. The van der Waals surface area contributed by atoms with Gasteiger partial charge in [-0.05, 0) is 36.4 Å². The van der Waals surface area contributed by atoms with Gasteiger partial charge in [0.25, 0.3) is 5.56 Å². The first kappa shape index (κ1) is 17.5. The highest BCUT2D eigenvalue weighted by molar-refractivity contribution is 6.30. The summed E-state index contributed by atoms with van der Waals surface area (Å²) >= 11 is 5.93. The van der Waals surface area contributed by atoms with E-state index in [-0.39, 0.29) is 18.0 Å². The minimum Gasteiger partial charge on any atom is -0.368 e. The second-order valence-corrected chi connectivity index (χ2v) is 6.85. The van der Waals surface area contributed by atoms with Crippen molar-refractivity contribution >= 4 is 34.1 Å². The van der Waals surface area contributed by atoms with Crippen molar-refractivity contribution in [3.05, 3.63) is 63.9 Å². The maximum absolute atomic E-state index is 12.6. The highest BCUT2D eigenvalue weighted by Gasteiger charge is 2.22. The van der Waals surface area contributed by atoms with Crippen molar-refractivity contribution in [2.24, 2.45) is 0 Å². The predicted molar refractivity (Wildman–Crippen MR) is 104 cm³/mol. The monoisotopic (exact) mass is 383 g/mol. The molecule has 0 saturated carbocycles. The van der Waals surface area contributed by atoms with E-state index in [1.807, 2.05) is 24.3 Å². The normalized spacial score (nSPS) is 14.6. The van der Waals surface area contributed by atoms with E-state index < -0.39 is 0 Å². The fourth-order valence-corrected chi connectivity index (χ4v) is 3.35. The summed E-state index contributed by atoms with van der Waals surface area (Å²) < 4.78 is 1.14. The van der Waals surface area contributed by atoms with Crippen molar-refractivity contribution in [2.45, 2.75) is 6.54 Å². The first-order valence-corrected chi connectivity index (χ1v) is 9.10. The molecule has 1 aliphatic heterocycles. The van der Waals surface area contributed by atoms with E-state index in [4.69, 9.17) is 11.6 Å². The Morgan fingerprint density at radius 1 is 1.00 bits per heavy atom. The molecule has 1 aliphatic rings. The summed E-state index contributed by atoms with van der Waals surface area (Å²) in [5.74, 6) is -0.127. The maximum Gasteiger partial charge on any atom is 0.278 e. The summed E-state index contributed by atoms with van der Waals surface area (Å²) in [5, 5.41) is 9.09. The van der Waals surface area contributed by atoms with Crippen LogP contribution < -0.4 is 10.5 Å². The Morgan fingerprint density at radius 3 is 2.44 bits per heavy atom. The van der Waals surface area contributed by atoms with Crippen LogP contribution in [-0.2, 0) is 11.3 Å². The van der Waals surface area contributed by atoms with Crippen LogP contribution in [0, 0.1) is 0 Å². The van der Waals surface area contributed by atoms with E-state index in [1.165, 1.54) is 0 Å². The van der Waals surface area contributed by atoms with Gasteiger partial charge in [-0.25, -0.2) is 4.68 Å². The van der Waals surface area contributed by atoms with E-state index >= 15 is 0 Å². The number of benzene rings is 2. The van der Waals surface area contributed by atoms with E-state index in [2.05, 4.69) is 15.2 Å². The molecule has 1 aromatic heterocycles. The number of carbonyl (C=O) groups excluding carboxylic acids is 1. The molecule has 3 aromatic rings. The third kappa shape index (κ3) is 3.64. The maximum atomic E-state index is 12.6. The fourth-order valence-electron chi connectivity index (χ4n) is 3.22. The van der Waals surface area contributed by atoms with Crippen LogP contribution in [-0.4, -0.2) is 52.0 Å². The van der Waals surface area contributed by atoms with Crippen LogP contribution in [0.1, 0.15) is 0 Å². The molecule has 27 heavy (non-hydrogen) atoms. The molecule has 4 rings (SSSR count). The number of carbonyl (C=O) groups is 1. The quantitative estimate of drug-likeness (QED) is 0.689. The van der Waals surface area contributed by atoms with Crippen LogP contribution >= 0.6 is 11.6 Å². The van der Waals surface area contributed by atoms with Crippen molar-refractivity contribution in [2.75, 3.05) is 31.1 Å². The standard InChI is InChI=1S/C19H18ClN5O2/c20-14-5-7-15(8-6-14)23-9-11-24(12-10-23)18(26)13-25-19(27)16-3-1-2-4-17(16)21-22-25/h1-8H,9-13H2. The Hall–Kier alpha value is -2.93. The molecule has 8 heteroatoms. The zero-order valence-electron chi connectivity index (χ0n) is 14.6. The van der Waals surface area contributed by atoms with Crippen molar-refractivity contribution < 1.29 is 4.79 Å². The molecule has 0 radical (unpaired) electrons. The van der Waals surface area contributed by atoms with Gasteiger partial charge in [0, 0.05) is 36.9 Å². The molecule has 2 heterocycles. The van der Waals surface area contributed by atoms with Crippen LogP contribution in [0.3, 0.4) is 0 Å². The number of hydrogen-bond acceptors (Lipinski definition) is 5. The van der Waals surface area contributed by atoms with Gasteiger partial charge in [0.2, 0.25) is 5.91 Å². The summed E-state index contributed by atoms with van der Waals surface area (Å²) in [6, 6.07) is 14.7. The molecule has 0 spiro atoms. The van der Waals surface area contributed by atoms with Gasteiger partial charge < -0.3 is 9.80 Å². The van der Waals surface area contributed by atoms with Gasteiger partial charge in [0.15, 0.2) is 0 Å². The second kappa shape index (κ2) is 7.36. The Labute approximate surface area is 160 Å². The lowest BCUT2D eigenvalue weighted by Gasteiger charge is -2.36. The smallest absolute Gasteiger partial charge is 0.278 e. The third-order valence-corrected chi connectivity index (χ3v) is 4.99. The first-order chi connectivity index (χ1) is 13.1. The lowest BCUT2D eigenvalue weighted by Crippen LogP contribution is -2.50. The number of halogens is 1. The van der Waals surface area contributed by atoms with Crippen LogP contribution in [0.2, 0.25) is 5.02 Å². The SMILES string of the molecule is O=C(Cn1nnc2ccccc2c1=O)N1CCN(c2ccc(Cl)cc2)CC1. The van der Waals surface area contributed by atoms with Gasteiger partial charge in [-0.15, -0.1) is 5.10 Å². The molecule has 1 amide bonds. The molecule has 0 aliphatic carbocycles. The summed E-state index contributed by atoms with van der Waals surface area (Å²) in [6.07, 6.45) is 0. The summed E-state index contributed by atoms with van der Waals surface area (Å²) in [7, 11) is 0. The molecule has 1 fully saturated rings. The van der Waals surface area contributed by atoms with E-state index in [0.717, 1.165) is 23.5 Å². The predicted octanol–water partition coefficient (Wildman–Crippen LogP) is 1.79. The zero-order chi connectivity index (χ0) is 18.8. The number of amides is 1. The van der Waals surface area contributed by atoms with Crippen LogP contribution in [0.25, 0.3) is 10.9 Å². The Bertz CT molecular complexity index is 1030. The Balaban J connectivity index is 1.42. The summed E-state index contributed by atoms with van der Waals surface area (Å²) in [6.45, 7) is 2.55. The topological polar surface area (TPSA) is 71.3 Å². The van der Waals surface area contributed by atoms with Gasteiger partial charge >= 0.3 is 0 Å². The van der Waals surface area contributed by atoms with Gasteiger partial charge in [-0.1, -0.05) is 28.9 Å². The zero-order valence-corrected chi connectivity index (χ0v) is 15.3. The molecule has 7 nitrogen and oxygen atoms in total. The lowest BCUT2D eigenvalue weighted by molar-refractivity contribution is -0.132. The number of rotatable bonds is 3. The molecule has 2 aromatic carbocycles. The number of nitrogens with zero attached hydrogens (tertiary/aromatic N) is 5. The summed E-state index contributed by atoms with van der Waals surface area (Å²) in [5.41, 5.74) is 1.32. The number of anilines is 1. The number of piperazine rings is 1. The molecule has 0 atom stereocenters. The van der Waals surface area contributed by atoms with E-state index in [9.17, 15) is 9.59 Å². The first-order valence-electron chi connectivity index (χ1n) is 8.73. The molecule has 0 unspecified atom stereocenters. The fraction of sp³-hybridized carbons (Fsp3) is 0.263. The largest absolute Gasteiger partial charge is 0.368 e. The summed E-state index contributed by atoms with van der Waals surface area (Å²) in [4.78, 5) is 29.1. The van der Waals surface area contributed by atoms with Crippen LogP contribution in [0.5, 0.6) is 0 Å². The minimum atomic E-state index is -0.297. The molecule has 0 N–H and O–H groups in total. The highest BCUT2D eigenvalue weighted by atomic mass is 35.5. The van der Waals surface area contributed by atoms with Crippen molar-refractivity contribution in [1.29, 1.82) is 0 Å². The highest BCUT2D eigenvalue weighted by Crippen LogP contribution is 2.19. The number of hydrogen-bond donors (Lipinski definition) is 0. The van der Waals surface area contributed by atoms with E-state index in [0.29, 0.717) is 29.0 Å². The third-order valence-electron chi connectivity index (χ3n) is 4.74. The van der Waals surface area contributed by atoms with Crippen molar-refractivity contribution in [3.8, 4) is 0 Å². The average Bonchev–Trinajstić information content (AvgIpc) is 2.71. The van der Waals surface area contributed by atoms with Gasteiger partial charge in [0.1, 0.15) is 12.1 Å². The van der Waals surface area contributed by atoms with Gasteiger partial charge in [0.05, 0.1) is 5.39 Å². The number of aromatic nitrogens is 3. The lowest BCUT2D eigenvalue weighted by atomic mass is 10.2. The number of fused-ring (bicyclic) bond motifs is 1. The molecule has 0 bridgehead atoms. The van der Waals surface area contributed by atoms with E-state index in [1.54, 1.807) is 29.2 Å². The second-order valence-electron chi connectivity index (χ2n) is 6.41. The molecular formula is C19H18ClN5O2. The van der Waals surface area contributed by atoms with Crippen LogP contribution in [0.4, 0.5) is 5.69 Å².